The molecule has 23 heavy (non-hydrogen) atoms. The first kappa shape index (κ1) is 16.8. The lowest BCUT2D eigenvalue weighted by Crippen LogP contribution is -2.27. The molecule has 0 aliphatic heterocycles. The first-order valence-electron chi connectivity index (χ1n) is 8.14. The zero-order valence-corrected chi connectivity index (χ0v) is 13.8. The summed E-state index contributed by atoms with van der Waals surface area (Å²) >= 11 is 0. The van der Waals surface area contributed by atoms with Crippen molar-refractivity contribution in [3.63, 3.8) is 0 Å². The van der Waals surface area contributed by atoms with Gasteiger partial charge in [0.05, 0.1) is 5.56 Å². The topological polar surface area (TPSA) is 57.8 Å². The predicted molar refractivity (Wildman–Crippen MR) is 91.7 cm³/mol. The fraction of sp³-hybridized carbons (Fsp3) is 0.368. The Morgan fingerprint density at radius 1 is 1.26 bits per heavy atom. The number of nitrogens with one attached hydrogen (secondary N) is 1. The standard InChI is InChI=1S/C19H23N3O/c1-3-4-5-6-11-21-19(23)18-16(14-20)10-12-22(18)17-9-7-8-15(2)13-17/h7-10,12-13H,3-6,11H2,1-2H3,(H,21,23). The molecule has 2 aromatic rings. The van der Waals surface area contributed by atoms with E-state index in [4.69, 9.17) is 0 Å². The summed E-state index contributed by atoms with van der Waals surface area (Å²) in [5.74, 6) is -0.190. The molecule has 2 rings (SSSR count). The number of carbonyl (C=O) groups excluding carboxylic acids is 1. The van der Waals surface area contributed by atoms with Crippen LogP contribution in [0, 0.1) is 18.3 Å². The summed E-state index contributed by atoms with van der Waals surface area (Å²) in [7, 11) is 0. The van der Waals surface area contributed by atoms with Crippen molar-refractivity contribution in [1.82, 2.24) is 9.88 Å². The highest BCUT2D eigenvalue weighted by atomic mass is 16.1. The monoisotopic (exact) mass is 309 g/mol. The van der Waals surface area contributed by atoms with Gasteiger partial charge in [-0.05, 0) is 37.1 Å². The maximum absolute atomic E-state index is 12.5. The molecular formula is C19H23N3O. The molecule has 0 saturated heterocycles. The Labute approximate surface area is 137 Å². The number of carbonyl (C=O) groups is 1. The quantitative estimate of drug-likeness (QED) is 0.787. The summed E-state index contributed by atoms with van der Waals surface area (Å²) in [4.78, 5) is 12.5. The second-order valence-corrected chi connectivity index (χ2v) is 5.72. The van der Waals surface area contributed by atoms with Gasteiger partial charge in [0.1, 0.15) is 11.8 Å². The number of aryl methyl sites for hydroxylation is 1. The van der Waals surface area contributed by atoms with Gasteiger partial charge in [0, 0.05) is 18.4 Å². The molecule has 0 unspecified atom stereocenters. The van der Waals surface area contributed by atoms with Crippen LogP contribution in [0.1, 0.15) is 54.2 Å². The van der Waals surface area contributed by atoms with Crippen LogP contribution >= 0.6 is 0 Å². The van der Waals surface area contributed by atoms with E-state index in [-0.39, 0.29) is 5.91 Å². The van der Waals surface area contributed by atoms with Crippen molar-refractivity contribution in [3.05, 3.63) is 53.3 Å². The number of benzene rings is 1. The number of amides is 1. The van der Waals surface area contributed by atoms with E-state index in [2.05, 4.69) is 18.3 Å². The molecule has 1 amide bonds. The molecule has 0 fully saturated rings. The third kappa shape index (κ3) is 4.23. The van der Waals surface area contributed by atoms with Crippen LogP contribution in [0.5, 0.6) is 0 Å². The second-order valence-electron chi connectivity index (χ2n) is 5.72. The normalized spacial score (nSPS) is 10.3. The number of hydrogen-bond donors (Lipinski definition) is 1. The van der Waals surface area contributed by atoms with Crippen LogP contribution in [-0.2, 0) is 0 Å². The van der Waals surface area contributed by atoms with Crippen LogP contribution in [0.2, 0.25) is 0 Å². The van der Waals surface area contributed by atoms with E-state index >= 15 is 0 Å². The average Bonchev–Trinajstić information content (AvgIpc) is 2.98. The molecule has 0 saturated carbocycles. The molecule has 0 bridgehead atoms. The van der Waals surface area contributed by atoms with E-state index in [1.807, 2.05) is 31.2 Å². The minimum atomic E-state index is -0.190. The van der Waals surface area contributed by atoms with Gasteiger partial charge in [-0.2, -0.15) is 5.26 Å². The van der Waals surface area contributed by atoms with Gasteiger partial charge in [-0.15, -0.1) is 0 Å². The van der Waals surface area contributed by atoms with E-state index in [0.717, 1.165) is 24.1 Å². The number of aromatic nitrogens is 1. The number of nitrogens with zero attached hydrogens (tertiary/aromatic N) is 2. The molecule has 1 aromatic carbocycles. The highest BCUT2D eigenvalue weighted by Gasteiger charge is 2.17. The lowest BCUT2D eigenvalue weighted by Gasteiger charge is -2.11. The molecule has 0 spiro atoms. The molecule has 1 heterocycles. The minimum absolute atomic E-state index is 0.190. The van der Waals surface area contributed by atoms with Gasteiger partial charge < -0.3 is 9.88 Å². The Bertz CT molecular complexity index is 710. The van der Waals surface area contributed by atoms with Gasteiger partial charge in [-0.25, -0.2) is 0 Å². The zero-order valence-electron chi connectivity index (χ0n) is 13.8. The number of unbranched alkanes of at least 4 members (excludes halogenated alkanes) is 3. The highest BCUT2D eigenvalue weighted by molar-refractivity contribution is 5.95. The molecule has 1 aromatic heterocycles. The largest absolute Gasteiger partial charge is 0.351 e. The summed E-state index contributed by atoms with van der Waals surface area (Å²) in [5.41, 5.74) is 2.81. The van der Waals surface area contributed by atoms with Crippen molar-refractivity contribution in [1.29, 1.82) is 5.26 Å². The van der Waals surface area contributed by atoms with Crippen molar-refractivity contribution in [2.45, 2.75) is 39.5 Å². The Balaban J connectivity index is 2.18. The molecular weight excluding hydrogens is 286 g/mol. The fourth-order valence-electron chi connectivity index (χ4n) is 2.58. The smallest absolute Gasteiger partial charge is 0.269 e. The van der Waals surface area contributed by atoms with Gasteiger partial charge in [0.25, 0.3) is 5.91 Å². The zero-order chi connectivity index (χ0) is 16.7. The van der Waals surface area contributed by atoms with Gasteiger partial charge in [0.2, 0.25) is 0 Å². The molecule has 120 valence electrons. The lowest BCUT2D eigenvalue weighted by atomic mass is 10.2. The van der Waals surface area contributed by atoms with Crippen molar-refractivity contribution in [2.24, 2.45) is 0 Å². The highest BCUT2D eigenvalue weighted by Crippen LogP contribution is 2.18. The Morgan fingerprint density at radius 2 is 2.09 bits per heavy atom. The van der Waals surface area contributed by atoms with Crippen LogP contribution in [0.15, 0.2) is 36.5 Å². The predicted octanol–water partition coefficient (Wildman–Crippen LogP) is 3.97. The van der Waals surface area contributed by atoms with Gasteiger partial charge in [0.15, 0.2) is 0 Å². The second kappa shape index (κ2) is 8.19. The van der Waals surface area contributed by atoms with Crippen LogP contribution in [0.25, 0.3) is 5.69 Å². The summed E-state index contributed by atoms with van der Waals surface area (Å²) in [6.07, 6.45) is 6.20. The van der Waals surface area contributed by atoms with Crippen molar-refractivity contribution in [3.8, 4) is 11.8 Å². The van der Waals surface area contributed by atoms with Crippen LogP contribution < -0.4 is 5.32 Å². The first-order chi connectivity index (χ1) is 11.2. The fourth-order valence-corrected chi connectivity index (χ4v) is 2.58. The summed E-state index contributed by atoms with van der Waals surface area (Å²) in [6.45, 7) is 4.81. The minimum Gasteiger partial charge on any atom is -0.351 e. The van der Waals surface area contributed by atoms with Crippen LogP contribution in [0.3, 0.4) is 0 Å². The molecule has 0 aliphatic carbocycles. The Morgan fingerprint density at radius 3 is 2.78 bits per heavy atom. The van der Waals surface area contributed by atoms with Gasteiger partial charge >= 0.3 is 0 Å². The number of rotatable bonds is 7. The van der Waals surface area contributed by atoms with Crippen LogP contribution in [-0.4, -0.2) is 17.0 Å². The summed E-state index contributed by atoms with van der Waals surface area (Å²) < 4.78 is 1.78. The van der Waals surface area contributed by atoms with E-state index in [1.165, 1.54) is 12.8 Å². The molecule has 0 aliphatic rings. The molecule has 1 N–H and O–H groups in total. The van der Waals surface area contributed by atoms with Gasteiger partial charge in [-0.3, -0.25) is 4.79 Å². The lowest BCUT2D eigenvalue weighted by molar-refractivity contribution is 0.0946. The summed E-state index contributed by atoms with van der Waals surface area (Å²) in [6, 6.07) is 11.7. The van der Waals surface area contributed by atoms with E-state index in [1.54, 1.807) is 16.8 Å². The third-order valence-corrected chi connectivity index (χ3v) is 3.82. The first-order valence-corrected chi connectivity index (χ1v) is 8.14. The Hall–Kier alpha value is -2.54. The van der Waals surface area contributed by atoms with E-state index in [9.17, 15) is 10.1 Å². The molecule has 0 atom stereocenters. The van der Waals surface area contributed by atoms with E-state index < -0.39 is 0 Å². The Kier molecular flexibility index (Phi) is 5.99. The third-order valence-electron chi connectivity index (χ3n) is 3.82. The van der Waals surface area contributed by atoms with Crippen LogP contribution in [0.4, 0.5) is 0 Å². The maximum Gasteiger partial charge on any atom is 0.269 e. The molecule has 4 nitrogen and oxygen atoms in total. The van der Waals surface area contributed by atoms with Crippen molar-refractivity contribution in [2.75, 3.05) is 6.54 Å². The van der Waals surface area contributed by atoms with Crippen molar-refractivity contribution >= 4 is 5.91 Å². The molecule has 0 radical (unpaired) electrons. The maximum atomic E-state index is 12.5. The van der Waals surface area contributed by atoms with E-state index in [0.29, 0.717) is 17.8 Å². The van der Waals surface area contributed by atoms with Gasteiger partial charge in [-0.1, -0.05) is 38.3 Å². The average molecular weight is 309 g/mol. The summed E-state index contributed by atoms with van der Waals surface area (Å²) in [5, 5.41) is 12.2. The number of hydrogen-bond acceptors (Lipinski definition) is 2. The molecule has 4 heteroatoms. The number of nitriles is 1. The SMILES string of the molecule is CCCCCCNC(=O)c1c(C#N)ccn1-c1cccc(C)c1. The van der Waals surface area contributed by atoms with Crippen molar-refractivity contribution < 1.29 is 4.79 Å².